The fraction of sp³-hybridized carbons (Fsp3) is 0.389. The summed E-state index contributed by atoms with van der Waals surface area (Å²) in [5, 5.41) is 4.74. The monoisotopic (exact) mass is 347 g/mol. The van der Waals surface area contributed by atoms with Crippen LogP contribution in [-0.2, 0) is 13.6 Å². The third-order valence-corrected chi connectivity index (χ3v) is 4.04. The number of hydrogen-bond donors (Lipinski definition) is 0. The first-order valence-corrected chi connectivity index (χ1v) is 8.47. The SMILES string of the molecule is CCCCCN(Cc1ccc(Cl)cc1)C(=O)c1ccc(=O)n(C)n1. The molecule has 5 nitrogen and oxygen atoms in total. The quantitative estimate of drug-likeness (QED) is 0.722. The van der Waals surface area contributed by atoms with Crippen LogP contribution in [0.1, 0.15) is 42.2 Å². The molecule has 0 unspecified atom stereocenters. The van der Waals surface area contributed by atoms with E-state index in [2.05, 4.69) is 12.0 Å². The molecule has 24 heavy (non-hydrogen) atoms. The summed E-state index contributed by atoms with van der Waals surface area (Å²) in [4.78, 5) is 26.0. The van der Waals surface area contributed by atoms with Crippen molar-refractivity contribution in [2.75, 3.05) is 6.54 Å². The molecule has 0 bridgehead atoms. The van der Waals surface area contributed by atoms with Crippen molar-refractivity contribution in [1.29, 1.82) is 0 Å². The Morgan fingerprint density at radius 1 is 1.17 bits per heavy atom. The zero-order valence-corrected chi connectivity index (χ0v) is 14.8. The van der Waals surface area contributed by atoms with Gasteiger partial charge in [0.1, 0.15) is 5.69 Å². The number of rotatable bonds is 7. The Labute approximate surface area is 146 Å². The van der Waals surface area contributed by atoms with E-state index in [-0.39, 0.29) is 17.2 Å². The minimum atomic E-state index is -0.234. The molecule has 1 amide bonds. The summed E-state index contributed by atoms with van der Waals surface area (Å²) in [5.74, 6) is -0.170. The van der Waals surface area contributed by atoms with Gasteiger partial charge < -0.3 is 4.90 Å². The van der Waals surface area contributed by atoms with Crippen molar-refractivity contribution in [2.24, 2.45) is 7.05 Å². The summed E-state index contributed by atoms with van der Waals surface area (Å²) in [7, 11) is 1.54. The van der Waals surface area contributed by atoms with Crippen LogP contribution in [0.15, 0.2) is 41.2 Å². The van der Waals surface area contributed by atoms with Gasteiger partial charge in [-0.05, 0) is 30.2 Å². The van der Waals surface area contributed by atoms with Crippen molar-refractivity contribution in [3.8, 4) is 0 Å². The van der Waals surface area contributed by atoms with Gasteiger partial charge in [0.2, 0.25) is 0 Å². The van der Waals surface area contributed by atoms with E-state index in [1.165, 1.54) is 16.8 Å². The van der Waals surface area contributed by atoms with E-state index in [9.17, 15) is 9.59 Å². The number of amides is 1. The smallest absolute Gasteiger partial charge is 0.274 e. The highest BCUT2D eigenvalue weighted by Gasteiger charge is 2.18. The zero-order chi connectivity index (χ0) is 17.5. The number of carbonyl (C=O) groups is 1. The molecular weight excluding hydrogens is 326 g/mol. The van der Waals surface area contributed by atoms with Crippen LogP contribution in [0.2, 0.25) is 5.02 Å². The van der Waals surface area contributed by atoms with E-state index in [0.717, 1.165) is 24.8 Å². The summed E-state index contributed by atoms with van der Waals surface area (Å²) in [6.07, 6.45) is 3.08. The molecule has 2 rings (SSSR count). The lowest BCUT2D eigenvalue weighted by atomic mass is 10.1. The fourth-order valence-corrected chi connectivity index (χ4v) is 2.52. The molecular formula is C18H22ClN3O2. The number of halogens is 1. The van der Waals surface area contributed by atoms with Gasteiger partial charge in [0.05, 0.1) is 0 Å². The summed E-state index contributed by atoms with van der Waals surface area (Å²) >= 11 is 5.92. The van der Waals surface area contributed by atoms with Gasteiger partial charge in [-0.25, -0.2) is 4.68 Å². The number of hydrogen-bond acceptors (Lipinski definition) is 3. The summed E-state index contributed by atoms with van der Waals surface area (Å²) < 4.78 is 1.18. The number of benzene rings is 1. The number of unbranched alkanes of at least 4 members (excludes halogenated alkanes) is 2. The third kappa shape index (κ3) is 4.93. The Bertz CT molecular complexity index is 741. The molecule has 2 aromatic rings. The molecule has 1 aromatic carbocycles. The van der Waals surface area contributed by atoms with Crippen LogP contribution < -0.4 is 5.56 Å². The molecule has 0 atom stereocenters. The Balaban J connectivity index is 2.19. The number of aryl methyl sites for hydroxylation is 1. The van der Waals surface area contributed by atoms with Crippen molar-refractivity contribution in [2.45, 2.75) is 32.7 Å². The van der Waals surface area contributed by atoms with Crippen molar-refractivity contribution >= 4 is 17.5 Å². The molecule has 0 radical (unpaired) electrons. The fourth-order valence-electron chi connectivity index (χ4n) is 2.39. The van der Waals surface area contributed by atoms with Gasteiger partial charge in [0, 0.05) is 31.2 Å². The second kappa shape index (κ2) is 8.64. The van der Waals surface area contributed by atoms with E-state index in [4.69, 9.17) is 11.6 Å². The lowest BCUT2D eigenvalue weighted by molar-refractivity contribution is 0.0731. The van der Waals surface area contributed by atoms with Crippen LogP contribution >= 0.6 is 11.6 Å². The molecule has 0 fully saturated rings. The maximum atomic E-state index is 12.8. The Morgan fingerprint density at radius 3 is 2.50 bits per heavy atom. The number of nitrogens with zero attached hydrogens (tertiary/aromatic N) is 3. The molecule has 1 heterocycles. The first-order valence-electron chi connectivity index (χ1n) is 8.09. The third-order valence-electron chi connectivity index (χ3n) is 3.79. The molecule has 6 heteroatoms. The molecule has 0 spiro atoms. The van der Waals surface area contributed by atoms with Gasteiger partial charge >= 0.3 is 0 Å². The van der Waals surface area contributed by atoms with Gasteiger partial charge in [-0.2, -0.15) is 5.10 Å². The van der Waals surface area contributed by atoms with Crippen molar-refractivity contribution < 1.29 is 4.79 Å². The average molecular weight is 348 g/mol. The van der Waals surface area contributed by atoms with Gasteiger partial charge in [0.15, 0.2) is 0 Å². The molecule has 0 aliphatic carbocycles. The zero-order valence-electron chi connectivity index (χ0n) is 14.0. The first kappa shape index (κ1) is 18.2. The highest BCUT2D eigenvalue weighted by molar-refractivity contribution is 6.30. The van der Waals surface area contributed by atoms with Crippen LogP contribution in [0, 0.1) is 0 Å². The lowest BCUT2D eigenvalue weighted by Crippen LogP contribution is -2.34. The lowest BCUT2D eigenvalue weighted by Gasteiger charge is -2.22. The minimum Gasteiger partial charge on any atom is -0.333 e. The Hall–Kier alpha value is -2.14. The molecule has 128 valence electrons. The van der Waals surface area contributed by atoms with Crippen LogP contribution in [-0.4, -0.2) is 27.1 Å². The average Bonchev–Trinajstić information content (AvgIpc) is 2.58. The summed E-state index contributed by atoms with van der Waals surface area (Å²) in [5.41, 5.74) is 1.05. The molecule has 0 aliphatic heterocycles. The van der Waals surface area contributed by atoms with Crippen LogP contribution in [0.25, 0.3) is 0 Å². The molecule has 0 N–H and O–H groups in total. The molecule has 1 aromatic heterocycles. The van der Waals surface area contributed by atoms with Crippen molar-refractivity contribution in [3.63, 3.8) is 0 Å². The molecule has 0 saturated carbocycles. The predicted molar refractivity (Wildman–Crippen MR) is 95.2 cm³/mol. The Kier molecular flexibility index (Phi) is 6.55. The van der Waals surface area contributed by atoms with E-state index >= 15 is 0 Å². The topological polar surface area (TPSA) is 55.2 Å². The normalized spacial score (nSPS) is 10.6. The highest BCUT2D eigenvalue weighted by atomic mass is 35.5. The van der Waals surface area contributed by atoms with Crippen LogP contribution in [0.4, 0.5) is 0 Å². The van der Waals surface area contributed by atoms with E-state index in [1.807, 2.05) is 24.3 Å². The van der Waals surface area contributed by atoms with Crippen molar-refractivity contribution in [3.05, 3.63) is 63.0 Å². The summed E-state index contributed by atoms with van der Waals surface area (Å²) in [6, 6.07) is 10.3. The number of aromatic nitrogens is 2. The highest BCUT2D eigenvalue weighted by Crippen LogP contribution is 2.14. The largest absolute Gasteiger partial charge is 0.333 e. The second-order valence-corrected chi connectivity index (χ2v) is 6.18. The standard InChI is InChI=1S/C18H22ClN3O2/c1-3-4-5-12-22(13-14-6-8-15(19)9-7-14)18(24)16-10-11-17(23)21(2)20-16/h6-11H,3-5,12-13H2,1-2H3. The first-order chi connectivity index (χ1) is 11.5. The van der Waals surface area contributed by atoms with Gasteiger partial charge in [0.25, 0.3) is 11.5 Å². The van der Waals surface area contributed by atoms with E-state index in [1.54, 1.807) is 11.9 Å². The second-order valence-electron chi connectivity index (χ2n) is 5.74. The predicted octanol–water partition coefficient (Wildman–Crippen LogP) is 3.27. The van der Waals surface area contributed by atoms with E-state index < -0.39 is 0 Å². The van der Waals surface area contributed by atoms with Crippen LogP contribution in [0.5, 0.6) is 0 Å². The van der Waals surface area contributed by atoms with Gasteiger partial charge in [-0.15, -0.1) is 0 Å². The summed E-state index contributed by atoms with van der Waals surface area (Å²) in [6.45, 7) is 3.27. The maximum absolute atomic E-state index is 12.8. The molecule has 0 saturated heterocycles. The van der Waals surface area contributed by atoms with E-state index in [0.29, 0.717) is 18.1 Å². The number of carbonyl (C=O) groups excluding carboxylic acids is 1. The minimum absolute atomic E-state index is 0.170. The van der Waals surface area contributed by atoms with Crippen molar-refractivity contribution in [1.82, 2.24) is 14.7 Å². The van der Waals surface area contributed by atoms with Gasteiger partial charge in [-0.1, -0.05) is 43.5 Å². The van der Waals surface area contributed by atoms with Crippen LogP contribution in [0.3, 0.4) is 0 Å². The molecule has 0 aliphatic rings. The van der Waals surface area contributed by atoms with Gasteiger partial charge in [-0.3, -0.25) is 9.59 Å². The Morgan fingerprint density at radius 2 is 1.88 bits per heavy atom. The maximum Gasteiger partial charge on any atom is 0.274 e.